The molecule has 0 fully saturated rings. The first-order valence-corrected chi connectivity index (χ1v) is 47.3. The highest BCUT2D eigenvalue weighted by Crippen LogP contribution is 2.46. The zero-order chi connectivity index (χ0) is 91.3. The molecular formula is C124H77Cl4N9. The first kappa shape index (κ1) is 82.4. The number of nitrogens with zero attached hydrogens (tertiary/aromatic N) is 9. The summed E-state index contributed by atoms with van der Waals surface area (Å²) in [5.74, 6) is 1.29. The van der Waals surface area contributed by atoms with Crippen molar-refractivity contribution in [2.75, 3.05) is 0 Å². The van der Waals surface area contributed by atoms with Crippen molar-refractivity contribution in [1.82, 2.24) is 43.6 Å². The monoisotopic (exact) mass is 1830 g/mol. The van der Waals surface area contributed by atoms with Gasteiger partial charge < -0.3 is 4.57 Å². The van der Waals surface area contributed by atoms with Gasteiger partial charge in [-0.2, -0.15) is 0 Å². The fraction of sp³-hybridized carbons (Fsp3) is 0.0161. The van der Waals surface area contributed by atoms with Crippen molar-refractivity contribution in [1.29, 1.82) is 0 Å². The molecule has 0 N–H and O–H groups in total. The number of fused-ring (bicyclic) bond motifs is 25. The van der Waals surface area contributed by atoms with Crippen molar-refractivity contribution >= 4 is 198 Å². The van der Waals surface area contributed by atoms with Crippen molar-refractivity contribution in [2.24, 2.45) is 0 Å². The third-order valence-electron chi connectivity index (χ3n) is 26.8. The molecule has 0 spiro atoms. The first-order chi connectivity index (χ1) is 67.5. The zero-order valence-electron chi connectivity index (χ0n) is 73.6. The third-order valence-corrected chi connectivity index (χ3v) is 27.7. The SMILES string of the molecule is Clc1ccc2cc3c(cc2c1)-c1ccccc1C3.Clc1ccc2cc3c(cc2c1)c1cc(Cl)ccc1n3-c1nc(-c2ccccc2)c2ccccc2n1.Clc1nc(-c2ccccc2)c2ccccc2n1.c1ccc(-c2nc(-n3c4ccccc4c4cc5cc(-n6c7ccccc7c7c8ccccc8ccc76)ccc5cc43)nc3ccccc23)cc1.c1ccc2c(c1)Cc1ccc3ccccc3c1-2. The number of benzene rings is 21. The Balaban J connectivity index is 0.0000000986. The van der Waals surface area contributed by atoms with Crippen molar-refractivity contribution < 1.29 is 0 Å². The van der Waals surface area contributed by atoms with Gasteiger partial charge in [-0.3, -0.25) is 9.13 Å². The van der Waals surface area contributed by atoms with Gasteiger partial charge in [-0.15, -0.1) is 0 Å². The standard InChI is InChI=1S/C46H28N4.C30H17Cl2N3.C17H11Cl.C17H12.C14H9ClN2/c1-2-13-30(14-3-1)45-36-17-6-9-19-39(36)47-46(48-45)50-40-20-10-7-16-35(40)38-27-32-26-33(24-22-31(32)28-43(38)50)49-41-21-11-8-18-37(41)44-34-15-5-4-12-29(34)23-25-42(44)49;31-21-11-10-19-16-28-24(15-20(19)14-21)25-17-22(32)12-13-27(25)35(28)30-33-26-9-5-4-8-23(26)29(34-30)18-6-2-1-3-7-18;18-15-6-5-11-7-14-8-12-3-1-2-4-16(12)17(14)10-13(11)9-15;1-3-7-15-12(5-1)9-10-14-11-13-6-2-4-8-16(13)17(14)15;15-14-16-12-9-5-4-8-11(12)13(17-14)10-6-2-1-3-7-10/h1-28H;1-17H;1-7,9-10H,8H2;1-10H,11H2;1-9H. The van der Waals surface area contributed by atoms with Gasteiger partial charge in [0.2, 0.25) is 17.2 Å². The van der Waals surface area contributed by atoms with Gasteiger partial charge >= 0.3 is 0 Å². The summed E-state index contributed by atoms with van der Waals surface area (Å²) >= 11 is 24.8. The predicted molar refractivity (Wildman–Crippen MR) is 575 cm³/mol. The molecule has 9 nitrogen and oxygen atoms in total. The number of halogens is 4. The average molecular weight is 1830 g/mol. The zero-order valence-corrected chi connectivity index (χ0v) is 76.6. The lowest BCUT2D eigenvalue weighted by Crippen LogP contribution is -2.03. The van der Waals surface area contributed by atoms with E-state index < -0.39 is 0 Å². The minimum Gasteiger partial charge on any atom is -0.309 e. The van der Waals surface area contributed by atoms with Gasteiger partial charge in [-0.1, -0.05) is 356 Å². The Bertz CT molecular complexity index is 9570. The number of rotatable bonds is 6. The quantitative estimate of drug-likeness (QED) is 0.154. The largest absolute Gasteiger partial charge is 0.309 e. The van der Waals surface area contributed by atoms with E-state index in [2.05, 4.69) is 315 Å². The summed E-state index contributed by atoms with van der Waals surface area (Å²) in [5, 5.41) is 24.9. The molecule has 0 aliphatic heterocycles. The van der Waals surface area contributed by atoms with E-state index in [0.717, 1.165) is 134 Å². The van der Waals surface area contributed by atoms with Crippen LogP contribution in [0.15, 0.2) is 443 Å². The summed E-state index contributed by atoms with van der Waals surface area (Å²) in [5.41, 5.74) is 27.7. The number of aromatic nitrogens is 9. The minimum atomic E-state index is 0.280. The van der Waals surface area contributed by atoms with Crippen LogP contribution in [-0.2, 0) is 12.8 Å². The van der Waals surface area contributed by atoms with Crippen LogP contribution in [0.3, 0.4) is 0 Å². The molecule has 0 saturated heterocycles. The maximum Gasteiger partial charge on any atom is 0.235 e. The van der Waals surface area contributed by atoms with Crippen LogP contribution in [0.2, 0.25) is 20.4 Å². The lowest BCUT2D eigenvalue weighted by Gasteiger charge is -2.12. The third kappa shape index (κ3) is 14.9. The maximum absolute atomic E-state index is 6.44. The second kappa shape index (κ2) is 34.5. The molecule has 29 rings (SSSR count). The Morgan fingerprint density at radius 1 is 0.197 bits per heavy atom. The van der Waals surface area contributed by atoms with E-state index in [9.17, 15) is 0 Å². The normalized spacial score (nSPS) is 11.9. The van der Waals surface area contributed by atoms with Crippen molar-refractivity contribution in [3.05, 3.63) is 485 Å². The van der Waals surface area contributed by atoms with E-state index in [1.807, 2.05) is 152 Å². The van der Waals surface area contributed by atoms with Gasteiger partial charge in [0, 0.05) is 85.9 Å². The fourth-order valence-electron chi connectivity index (χ4n) is 20.6. The minimum absolute atomic E-state index is 0.280. The van der Waals surface area contributed by atoms with Crippen LogP contribution in [0, 0.1) is 0 Å². The van der Waals surface area contributed by atoms with Crippen LogP contribution in [0.25, 0.3) is 226 Å². The predicted octanol–water partition coefficient (Wildman–Crippen LogP) is 34.1. The Morgan fingerprint density at radius 2 is 0.599 bits per heavy atom. The molecule has 13 heteroatoms. The van der Waals surface area contributed by atoms with Crippen LogP contribution in [0.4, 0.5) is 0 Å². The summed E-state index contributed by atoms with van der Waals surface area (Å²) in [6.45, 7) is 0. The van der Waals surface area contributed by atoms with Gasteiger partial charge in [0.25, 0.3) is 0 Å². The van der Waals surface area contributed by atoms with Gasteiger partial charge in [0.1, 0.15) is 0 Å². The summed E-state index contributed by atoms with van der Waals surface area (Å²) in [4.78, 5) is 29.1. The van der Waals surface area contributed by atoms with Gasteiger partial charge in [-0.05, 0) is 244 Å². The Hall–Kier alpha value is -16.5. The van der Waals surface area contributed by atoms with E-state index in [1.54, 1.807) is 0 Å². The average Bonchev–Trinajstić information content (AvgIpc) is 1.54. The molecule has 0 saturated carbocycles. The molecule has 21 aromatic carbocycles. The van der Waals surface area contributed by atoms with Crippen LogP contribution in [0.1, 0.15) is 22.3 Å². The summed E-state index contributed by atoms with van der Waals surface area (Å²) in [6.07, 6.45) is 2.13. The summed E-state index contributed by atoms with van der Waals surface area (Å²) < 4.78 is 6.78. The summed E-state index contributed by atoms with van der Waals surface area (Å²) in [7, 11) is 0. The van der Waals surface area contributed by atoms with Crippen LogP contribution in [-0.4, -0.2) is 43.6 Å². The second-order valence-corrected chi connectivity index (χ2v) is 36.5. The Morgan fingerprint density at radius 3 is 1.21 bits per heavy atom. The smallest absolute Gasteiger partial charge is 0.235 e. The highest BCUT2D eigenvalue weighted by Gasteiger charge is 2.26. The van der Waals surface area contributed by atoms with E-state index >= 15 is 0 Å². The number of para-hydroxylation sites is 5. The molecule has 0 amide bonds. The van der Waals surface area contributed by atoms with Crippen LogP contribution < -0.4 is 0 Å². The van der Waals surface area contributed by atoms with Crippen molar-refractivity contribution in [2.45, 2.75) is 12.8 Å². The van der Waals surface area contributed by atoms with E-state index in [4.69, 9.17) is 66.3 Å². The molecule has 646 valence electrons. The highest BCUT2D eigenvalue weighted by molar-refractivity contribution is 6.33. The van der Waals surface area contributed by atoms with Gasteiger partial charge in [-0.25, -0.2) is 29.9 Å². The van der Waals surface area contributed by atoms with E-state index in [0.29, 0.717) is 21.9 Å². The number of hydrogen-bond acceptors (Lipinski definition) is 6. The summed E-state index contributed by atoms with van der Waals surface area (Å²) in [6, 6.07) is 154. The van der Waals surface area contributed by atoms with Crippen molar-refractivity contribution in [3.8, 4) is 73.6 Å². The first-order valence-electron chi connectivity index (χ1n) is 45.8. The number of hydrogen-bond donors (Lipinski definition) is 0. The van der Waals surface area contributed by atoms with E-state index in [-0.39, 0.29) is 5.28 Å². The molecule has 0 unspecified atom stereocenters. The van der Waals surface area contributed by atoms with Crippen LogP contribution in [0.5, 0.6) is 0 Å². The van der Waals surface area contributed by atoms with Gasteiger partial charge in [0.15, 0.2) is 0 Å². The van der Waals surface area contributed by atoms with E-state index in [1.165, 1.54) is 120 Å². The molecule has 6 aromatic heterocycles. The lowest BCUT2D eigenvalue weighted by molar-refractivity contribution is 1.01. The lowest BCUT2D eigenvalue weighted by atomic mass is 9.98. The van der Waals surface area contributed by atoms with Crippen molar-refractivity contribution in [3.63, 3.8) is 0 Å². The molecule has 0 atom stereocenters. The molecule has 0 radical (unpaired) electrons. The highest BCUT2D eigenvalue weighted by atomic mass is 35.5. The Labute approximate surface area is 807 Å². The maximum atomic E-state index is 6.44. The molecule has 2 aliphatic carbocycles. The molecular weight excluding hydrogens is 1760 g/mol. The van der Waals surface area contributed by atoms with Gasteiger partial charge in [0.05, 0.1) is 66.7 Å². The topological polar surface area (TPSA) is 92.1 Å². The fourth-order valence-corrected chi connectivity index (χ4v) is 21.3. The molecule has 6 heterocycles. The molecule has 2 aliphatic rings. The molecule has 27 aromatic rings. The second-order valence-electron chi connectivity index (χ2n) is 34.9. The molecule has 137 heavy (non-hydrogen) atoms. The van der Waals surface area contributed by atoms with Crippen LogP contribution >= 0.6 is 46.4 Å². The Kier molecular flexibility index (Phi) is 20.8. The molecule has 0 bridgehead atoms.